The summed E-state index contributed by atoms with van der Waals surface area (Å²) in [4.78, 5) is 4.82. The van der Waals surface area contributed by atoms with Gasteiger partial charge in [0.15, 0.2) is 0 Å². The maximum absolute atomic E-state index is 5.82. The number of likely N-dealkylation sites (N-methyl/N-ethyl adjacent to an activating group) is 1. The Labute approximate surface area is 256 Å². The molecule has 0 radical (unpaired) electrons. The van der Waals surface area contributed by atoms with Crippen molar-refractivity contribution in [3.05, 3.63) is 84.5 Å². The van der Waals surface area contributed by atoms with Gasteiger partial charge in [0.25, 0.3) is 0 Å². The first kappa shape index (κ1) is 42.9. The van der Waals surface area contributed by atoms with E-state index >= 15 is 0 Å². The molecule has 0 aliphatic carbocycles. The number of piperazine rings is 1. The highest BCUT2D eigenvalue weighted by molar-refractivity contribution is 5.46. The summed E-state index contributed by atoms with van der Waals surface area (Å²) in [6, 6.07) is 18.9. The fraction of sp³-hybridized carbons (Fsp3) is 0.568. The highest BCUT2D eigenvalue weighted by Gasteiger charge is 2.25. The summed E-state index contributed by atoms with van der Waals surface area (Å²) in [7, 11) is 4.11. The zero-order valence-corrected chi connectivity index (χ0v) is 29.3. The van der Waals surface area contributed by atoms with E-state index < -0.39 is 0 Å². The first-order valence-corrected chi connectivity index (χ1v) is 16.0. The molecule has 2 aliphatic heterocycles. The Morgan fingerprint density at radius 3 is 1.71 bits per heavy atom. The van der Waals surface area contributed by atoms with Gasteiger partial charge in [0.2, 0.25) is 0 Å². The largest absolute Gasteiger partial charge is 0.488 e. The normalized spacial score (nSPS) is 14.6. The second-order valence-electron chi connectivity index (χ2n) is 9.35. The second kappa shape index (κ2) is 30.4. The summed E-state index contributed by atoms with van der Waals surface area (Å²) >= 11 is 0. The quantitative estimate of drug-likeness (QED) is 0.372. The van der Waals surface area contributed by atoms with Gasteiger partial charge in [-0.3, -0.25) is 0 Å². The average molecular weight is 570 g/mol. The molecular weight excluding hydrogens is 502 g/mol. The Kier molecular flexibility index (Phi) is 31.8. The van der Waals surface area contributed by atoms with Crippen LogP contribution in [0, 0.1) is 0 Å². The van der Waals surface area contributed by atoms with E-state index in [1.54, 1.807) is 0 Å². The van der Waals surface area contributed by atoms with Crippen molar-refractivity contribution in [1.29, 1.82) is 0 Å². The van der Waals surface area contributed by atoms with E-state index in [1.165, 1.54) is 24.3 Å². The predicted molar refractivity (Wildman–Crippen MR) is 189 cm³/mol. The monoisotopic (exact) mass is 570 g/mol. The van der Waals surface area contributed by atoms with E-state index in [-0.39, 0.29) is 5.60 Å². The maximum atomic E-state index is 5.82. The number of benzene rings is 2. The zero-order valence-electron chi connectivity index (χ0n) is 29.3. The van der Waals surface area contributed by atoms with Crippen molar-refractivity contribution in [2.75, 3.05) is 51.7 Å². The summed E-state index contributed by atoms with van der Waals surface area (Å²) in [5.41, 5.74) is 2.72. The Morgan fingerprint density at radius 2 is 1.24 bits per heavy atom. The van der Waals surface area contributed by atoms with Gasteiger partial charge in [0.1, 0.15) is 11.4 Å². The number of para-hydroxylation sites is 2. The van der Waals surface area contributed by atoms with Gasteiger partial charge in [-0.05, 0) is 84.9 Å². The molecule has 4 rings (SSSR count). The molecule has 2 aromatic rings. The lowest BCUT2D eigenvalue weighted by Crippen LogP contribution is -2.44. The molecule has 1 saturated heterocycles. The van der Waals surface area contributed by atoms with Crippen LogP contribution < -0.4 is 15.0 Å². The number of nitrogens with zero attached hydrogens (tertiary/aromatic N) is 2. The summed E-state index contributed by atoms with van der Waals surface area (Å²) < 4.78 is 5.82. The number of allylic oxidation sites excluding steroid dienone is 4. The van der Waals surface area contributed by atoms with E-state index in [4.69, 9.17) is 4.74 Å². The van der Waals surface area contributed by atoms with Gasteiger partial charge in [0.05, 0.1) is 0 Å². The molecule has 0 aromatic heterocycles. The van der Waals surface area contributed by atoms with Crippen molar-refractivity contribution in [3.8, 4) is 5.75 Å². The lowest BCUT2D eigenvalue weighted by molar-refractivity contribution is 0.0847. The number of hydrogen-bond donors (Lipinski definition) is 1. The van der Waals surface area contributed by atoms with E-state index in [0.717, 1.165) is 38.2 Å². The van der Waals surface area contributed by atoms with E-state index in [0.29, 0.717) is 0 Å². The minimum Gasteiger partial charge on any atom is -0.488 e. The Balaban J connectivity index is -0.000000475. The van der Waals surface area contributed by atoms with Crippen molar-refractivity contribution < 1.29 is 4.74 Å². The molecule has 0 atom stereocenters. The number of rotatable bonds is 3. The van der Waals surface area contributed by atoms with Gasteiger partial charge < -0.3 is 19.9 Å². The Bertz CT molecular complexity index is 826. The lowest BCUT2D eigenvalue weighted by Gasteiger charge is -2.33. The molecule has 4 heteroatoms. The van der Waals surface area contributed by atoms with Crippen LogP contribution in [-0.4, -0.2) is 57.3 Å². The van der Waals surface area contributed by atoms with Crippen LogP contribution in [0.2, 0.25) is 0 Å². The standard InChI is InChI=1S/C11H16N2.C11H14O.C6H10.C3H9N.3C2H6/c1-12-7-9-13(10-8-12)11-5-3-2-4-6-11;1-11(2)8-7-9-5-3-4-6-10(9)12-11;1-3-5-6-4-2;1-3-4-2;3*1-2/h2-6H,7-10H2,1H3;3-6H,7-8H2,1-2H3;3-6H,1-2H3;4H,3H2,1-2H3;3*1-2H3/b;;5-3-,6-4-;;;;. The lowest BCUT2D eigenvalue weighted by atomic mass is 9.94. The number of anilines is 1. The van der Waals surface area contributed by atoms with Crippen molar-refractivity contribution in [2.45, 2.75) is 94.6 Å². The predicted octanol–water partition coefficient (Wildman–Crippen LogP) is 9.67. The van der Waals surface area contributed by atoms with E-state index in [1.807, 2.05) is 92.8 Å². The highest BCUT2D eigenvalue weighted by atomic mass is 16.5. The topological polar surface area (TPSA) is 27.7 Å². The number of ether oxygens (including phenoxy) is 1. The molecule has 0 bridgehead atoms. The average Bonchev–Trinajstić information content (AvgIpc) is 3.04. The molecular formula is C37H67N3O. The van der Waals surface area contributed by atoms with Gasteiger partial charge in [-0.1, -0.05) is 109 Å². The second-order valence-corrected chi connectivity index (χ2v) is 9.35. The molecule has 0 saturated carbocycles. The molecule has 2 aromatic carbocycles. The fourth-order valence-electron chi connectivity index (χ4n) is 3.52. The van der Waals surface area contributed by atoms with Crippen LogP contribution in [0.15, 0.2) is 78.9 Å². The van der Waals surface area contributed by atoms with Crippen molar-refractivity contribution in [3.63, 3.8) is 0 Å². The van der Waals surface area contributed by atoms with E-state index in [9.17, 15) is 0 Å². The third-order valence-electron chi connectivity index (χ3n) is 5.83. The third kappa shape index (κ3) is 22.8. The summed E-state index contributed by atoms with van der Waals surface area (Å²) in [6.45, 7) is 28.1. The highest BCUT2D eigenvalue weighted by Crippen LogP contribution is 2.32. The molecule has 236 valence electrons. The van der Waals surface area contributed by atoms with Crippen LogP contribution >= 0.6 is 0 Å². The molecule has 2 aliphatic rings. The van der Waals surface area contributed by atoms with Gasteiger partial charge in [-0.25, -0.2) is 0 Å². The van der Waals surface area contributed by atoms with Gasteiger partial charge >= 0.3 is 0 Å². The Morgan fingerprint density at radius 1 is 0.780 bits per heavy atom. The van der Waals surface area contributed by atoms with Crippen LogP contribution in [0.5, 0.6) is 5.75 Å². The Hall–Kier alpha value is -2.56. The number of fused-ring (bicyclic) bond motifs is 1. The van der Waals surface area contributed by atoms with Gasteiger partial charge in [-0.15, -0.1) is 0 Å². The van der Waals surface area contributed by atoms with Crippen molar-refractivity contribution in [2.24, 2.45) is 0 Å². The van der Waals surface area contributed by atoms with Crippen LogP contribution in [0.1, 0.15) is 88.1 Å². The smallest absolute Gasteiger partial charge is 0.123 e. The SMILES string of the molecule is C/C=C\C=C/C.CC.CC.CC.CC1(C)CCc2ccccc2O1.CCNC.CN1CCN(c2ccccc2)CC1. The van der Waals surface area contributed by atoms with Crippen LogP contribution in [0.25, 0.3) is 0 Å². The van der Waals surface area contributed by atoms with Crippen LogP contribution in [0.4, 0.5) is 5.69 Å². The van der Waals surface area contributed by atoms with Gasteiger partial charge in [0, 0.05) is 31.9 Å². The molecule has 4 nitrogen and oxygen atoms in total. The molecule has 1 N–H and O–H groups in total. The van der Waals surface area contributed by atoms with Crippen LogP contribution in [-0.2, 0) is 6.42 Å². The van der Waals surface area contributed by atoms with Gasteiger partial charge in [-0.2, -0.15) is 0 Å². The summed E-state index contributed by atoms with van der Waals surface area (Å²) in [5.74, 6) is 1.06. The molecule has 0 amide bonds. The summed E-state index contributed by atoms with van der Waals surface area (Å²) in [6.07, 6.45) is 10.3. The molecule has 41 heavy (non-hydrogen) atoms. The first-order chi connectivity index (χ1) is 19.9. The van der Waals surface area contributed by atoms with E-state index in [2.05, 4.69) is 91.5 Å². The van der Waals surface area contributed by atoms with Crippen molar-refractivity contribution >= 4 is 5.69 Å². The molecule has 0 unspecified atom stereocenters. The van der Waals surface area contributed by atoms with Crippen molar-refractivity contribution in [1.82, 2.24) is 10.2 Å². The minimum absolute atomic E-state index is 0.0222. The minimum atomic E-state index is 0.0222. The summed E-state index contributed by atoms with van der Waals surface area (Å²) in [5, 5.41) is 2.93. The third-order valence-corrected chi connectivity index (χ3v) is 5.83. The van der Waals surface area contributed by atoms with Crippen LogP contribution in [0.3, 0.4) is 0 Å². The molecule has 2 heterocycles. The maximum Gasteiger partial charge on any atom is 0.123 e. The number of hydrogen-bond acceptors (Lipinski definition) is 4. The fourth-order valence-corrected chi connectivity index (χ4v) is 3.52. The number of aryl methyl sites for hydroxylation is 1. The number of nitrogens with one attached hydrogen (secondary N) is 1. The zero-order chi connectivity index (χ0) is 31.9. The first-order valence-electron chi connectivity index (χ1n) is 16.0. The molecule has 1 fully saturated rings. The molecule has 0 spiro atoms.